The second-order valence-corrected chi connectivity index (χ2v) is 23.6. The summed E-state index contributed by atoms with van der Waals surface area (Å²) in [6.45, 7) is 33.5. The summed E-state index contributed by atoms with van der Waals surface area (Å²) >= 11 is 6.51. The molecule has 1 N–H and O–H groups in total. The Morgan fingerprint density at radius 3 is 2.20 bits per heavy atom. The van der Waals surface area contributed by atoms with Gasteiger partial charge in [0.15, 0.2) is 8.32 Å². The molecule has 0 aliphatic carbocycles. The molecule has 222 valence electrons. The number of benzene rings is 2. The molecular weight excluding hydrogens is 568 g/mol. The van der Waals surface area contributed by atoms with Crippen molar-refractivity contribution in [1.82, 2.24) is 10.2 Å². The lowest BCUT2D eigenvalue weighted by Crippen LogP contribution is -2.45. The molecule has 0 fully saturated rings. The van der Waals surface area contributed by atoms with Gasteiger partial charge in [0.05, 0.1) is 17.7 Å². The Morgan fingerprint density at radius 2 is 1.61 bits per heavy atom. The highest BCUT2D eigenvalue weighted by Crippen LogP contribution is 2.41. The molecule has 7 nitrogen and oxygen atoms in total. The summed E-state index contributed by atoms with van der Waals surface area (Å²) in [7, 11) is -4.15. The average Bonchev–Trinajstić information content (AvgIpc) is 3.33. The molecule has 41 heavy (non-hydrogen) atoms. The van der Waals surface area contributed by atoms with Gasteiger partial charge in [-0.05, 0) is 79.9 Å². The van der Waals surface area contributed by atoms with Gasteiger partial charge < -0.3 is 18.6 Å². The molecule has 1 heterocycles. The quantitative estimate of drug-likeness (QED) is 0.191. The van der Waals surface area contributed by atoms with Crippen LogP contribution in [0.25, 0.3) is 16.3 Å². The van der Waals surface area contributed by atoms with Crippen molar-refractivity contribution in [3.63, 3.8) is 0 Å². The molecule has 3 aromatic rings. The summed E-state index contributed by atoms with van der Waals surface area (Å²) in [5.41, 5.74) is 2.76. The Balaban J connectivity index is 2.00. The molecule has 10 heteroatoms. The van der Waals surface area contributed by atoms with E-state index >= 15 is 0 Å². The first-order chi connectivity index (χ1) is 18.8. The lowest BCUT2D eigenvalue weighted by atomic mass is 10.1. The van der Waals surface area contributed by atoms with Gasteiger partial charge in [0.1, 0.15) is 11.8 Å². The highest BCUT2D eigenvalue weighted by atomic mass is 35.5. The number of anilines is 1. The van der Waals surface area contributed by atoms with E-state index in [1.807, 2.05) is 44.2 Å². The number of hydrogen-bond donors (Lipinski definition) is 1. The minimum Gasteiger partial charge on any atom is -0.543 e. The fourth-order valence-electron chi connectivity index (χ4n) is 3.79. The fraction of sp³-hybridized carbons (Fsp3) is 0.516. The molecule has 0 saturated heterocycles. The molecule has 1 aromatic heterocycles. The molecule has 0 spiro atoms. The van der Waals surface area contributed by atoms with E-state index in [4.69, 9.17) is 31.4 Å². The van der Waals surface area contributed by atoms with E-state index < -0.39 is 22.7 Å². The Hall–Kier alpha value is -2.65. The van der Waals surface area contributed by atoms with Crippen LogP contribution in [0.2, 0.25) is 41.3 Å². The molecule has 2 atom stereocenters. The second kappa shape index (κ2) is 11.9. The van der Waals surface area contributed by atoms with Gasteiger partial charge in [-0.25, -0.2) is 4.85 Å². The minimum atomic E-state index is -2.13. The zero-order valence-corrected chi connectivity index (χ0v) is 29.3. The van der Waals surface area contributed by atoms with E-state index in [0.29, 0.717) is 22.5 Å². The topological polar surface area (TPSA) is 73.8 Å². The van der Waals surface area contributed by atoms with Crippen LogP contribution >= 0.6 is 11.6 Å². The summed E-state index contributed by atoms with van der Waals surface area (Å²) in [5.74, 6) is 1.61. The standard InChI is InChI=1S/C31H45ClN4O3Si2/c1-20-24(17-18-25(33-9)26(20)32)34-27(21(2)38-40(10,11)30(3,4)5)29-36-35-28(37-29)22-15-14-16-23(19-22)39-41(12,13)31(6,7)8/h14-19,21,27,34H,1-8,10-13H3/t21-,27-/m1/s1. The molecule has 0 amide bonds. The predicted molar refractivity (Wildman–Crippen MR) is 174 cm³/mol. The maximum absolute atomic E-state index is 7.40. The van der Waals surface area contributed by atoms with E-state index in [9.17, 15) is 0 Å². The number of nitrogens with one attached hydrogen (secondary N) is 1. The Labute approximate surface area is 253 Å². The number of halogens is 1. The van der Waals surface area contributed by atoms with E-state index in [2.05, 4.69) is 88.1 Å². The molecule has 0 bridgehead atoms. The van der Waals surface area contributed by atoms with Gasteiger partial charge in [-0.3, -0.25) is 0 Å². The van der Waals surface area contributed by atoms with Gasteiger partial charge >= 0.3 is 0 Å². The normalized spacial score (nSPS) is 14.3. The molecule has 0 unspecified atom stereocenters. The number of nitrogens with zero attached hydrogens (tertiary/aromatic N) is 3. The lowest BCUT2D eigenvalue weighted by molar-refractivity contribution is 0.166. The van der Waals surface area contributed by atoms with Crippen LogP contribution in [0.3, 0.4) is 0 Å². The lowest BCUT2D eigenvalue weighted by Gasteiger charge is -2.40. The second-order valence-electron chi connectivity index (χ2n) is 13.7. The summed E-state index contributed by atoms with van der Waals surface area (Å²) in [6, 6.07) is 11.0. The van der Waals surface area contributed by atoms with E-state index in [0.717, 1.165) is 22.6 Å². The zero-order chi connectivity index (χ0) is 31.0. The maximum atomic E-state index is 7.40. The Kier molecular flexibility index (Phi) is 9.55. The number of hydrogen-bond acceptors (Lipinski definition) is 6. The highest BCUT2D eigenvalue weighted by Gasteiger charge is 2.41. The van der Waals surface area contributed by atoms with E-state index in [1.54, 1.807) is 6.07 Å². The van der Waals surface area contributed by atoms with Crippen molar-refractivity contribution in [2.45, 2.75) is 104 Å². The average molecular weight is 613 g/mol. The molecular formula is C31H45ClN4O3Si2. The van der Waals surface area contributed by atoms with Crippen LogP contribution in [0.15, 0.2) is 40.8 Å². The SMILES string of the molecule is [C-]#[N+]c1ccc(N[C@@H](c2nnc(-c3cccc(O[Si](C)(C)C(C)(C)C)c3)o2)[C@@H](C)O[Si](C)(C)C(C)(C)C)c(C)c1Cl. The van der Waals surface area contributed by atoms with Crippen LogP contribution in [0.5, 0.6) is 5.75 Å². The fourth-order valence-corrected chi connectivity index (χ4v) is 6.44. The zero-order valence-electron chi connectivity index (χ0n) is 26.6. The van der Waals surface area contributed by atoms with Crippen molar-refractivity contribution >= 4 is 39.6 Å². The number of rotatable bonds is 9. The van der Waals surface area contributed by atoms with Crippen LogP contribution in [0.4, 0.5) is 11.4 Å². The predicted octanol–water partition coefficient (Wildman–Crippen LogP) is 10.2. The maximum Gasteiger partial charge on any atom is 0.250 e. The van der Waals surface area contributed by atoms with Crippen LogP contribution in [-0.2, 0) is 4.43 Å². The van der Waals surface area contributed by atoms with E-state index in [1.165, 1.54) is 0 Å². The largest absolute Gasteiger partial charge is 0.543 e. The first-order valence-corrected chi connectivity index (χ1v) is 20.2. The molecule has 0 aliphatic heterocycles. The molecule has 0 radical (unpaired) electrons. The molecule has 3 rings (SSSR count). The minimum absolute atomic E-state index is 0.0207. The first-order valence-electron chi connectivity index (χ1n) is 14.0. The first kappa shape index (κ1) is 32.9. The summed E-state index contributed by atoms with van der Waals surface area (Å²) in [5, 5.41) is 13.0. The summed E-state index contributed by atoms with van der Waals surface area (Å²) < 4.78 is 19.6. The van der Waals surface area contributed by atoms with Gasteiger partial charge in [0.25, 0.3) is 0 Å². The number of aromatic nitrogens is 2. The van der Waals surface area contributed by atoms with Crippen molar-refractivity contribution in [2.24, 2.45) is 0 Å². The third-order valence-corrected chi connectivity index (χ3v) is 17.9. The molecule has 0 aliphatic rings. The monoisotopic (exact) mass is 612 g/mol. The Morgan fingerprint density at radius 1 is 0.976 bits per heavy atom. The third kappa shape index (κ3) is 7.41. The van der Waals surface area contributed by atoms with Crippen molar-refractivity contribution in [3.05, 3.63) is 64.3 Å². The van der Waals surface area contributed by atoms with Crippen LogP contribution < -0.4 is 9.74 Å². The smallest absolute Gasteiger partial charge is 0.250 e. The van der Waals surface area contributed by atoms with Crippen molar-refractivity contribution in [1.29, 1.82) is 0 Å². The molecule has 0 saturated carbocycles. The van der Waals surface area contributed by atoms with Gasteiger partial charge in [-0.1, -0.05) is 65.3 Å². The third-order valence-electron chi connectivity index (χ3n) is 8.52. The molecule has 2 aromatic carbocycles. The van der Waals surface area contributed by atoms with Crippen LogP contribution in [-0.4, -0.2) is 32.9 Å². The van der Waals surface area contributed by atoms with Gasteiger partial charge in [-0.15, -0.1) is 10.2 Å². The van der Waals surface area contributed by atoms with Crippen molar-refractivity contribution in [3.8, 4) is 17.2 Å². The van der Waals surface area contributed by atoms with E-state index in [-0.39, 0.29) is 16.2 Å². The van der Waals surface area contributed by atoms with Gasteiger partial charge in [-0.2, -0.15) is 0 Å². The van der Waals surface area contributed by atoms with Gasteiger partial charge in [0, 0.05) is 11.3 Å². The Bertz CT molecular complexity index is 1420. The van der Waals surface area contributed by atoms with Crippen LogP contribution in [0, 0.1) is 13.5 Å². The summed E-state index contributed by atoms with van der Waals surface area (Å²) in [4.78, 5) is 3.52. The van der Waals surface area contributed by atoms with Crippen molar-refractivity contribution < 1.29 is 13.3 Å². The van der Waals surface area contributed by atoms with Gasteiger partial charge in [0.2, 0.25) is 25.8 Å². The summed E-state index contributed by atoms with van der Waals surface area (Å²) in [6.07, 6.45) is -0.295. The highest BCUT2D eigenvalue weighted by molar-refractivity contribution is 6.75. The van der Waals surface area contributed by atoms with Crippen LogP contribution in [0.1, 0.15) is 66.0 Å². The van der Waals surface area contributed by atoms with Crippen molar-refractivity contribution in [2.75, 3.05) is 5.32 Å².